The monoisotopic (exact) mass is 286 g/mol. The second-order valence-corrected chi connectivity index (χ2v) is 5.41. The molecule has 0 aromatic heterocycles. The first kappa shape index (κ1) is 16.7. The Kier molecular flexibility index (Phi) is 7.32. The summed E-state index contributed by atoms with van der Waals surface area (Å²) >= 11 is 0. The van der Waals surface area contributed by atoms with Crippen LogP contribution < -0.4 is 16.0 Å². The lowest BCUT2D eigenvalue weighted by Crippen LogP contribution is -2.49. The fourth-order valence-electron chi connectivity index (χ4n) is 2.15. The van der Waals surface area contributed by atoms with Crippen molar-refractivity contribution in [2.45, 2.75) is 26.3 Å². The molecule has 1 atom stereocenters. The van der Waals surface area contributed by atoms with Gasteiger partial charge in [0.1, 0.15) is 6.04 Å². The van der Waals surface area contributed by atoms with Gasteiger partial charge in [0, 0.05) is 32.7 Å². The Balaban J connectivity index is 2.14. The fourth-order valence-corrected chi connectivity index (χ4v) is 2.15. The maximum Gasteiger partial charge on any atom is 0.326 e. The number of hydrogen-bond donors (Lipinski definition) is 4. The largest absolute Gasteiger partial charge is 0.480 e. The van der Waals surface area contributed by atoms with E-state index in [1.807, 2.05) is 0 Å². The maximum atomic E-state index is 11.6. The summed E-state index contributed by atoms with van der Waals surface area (Å²) in [5, 5.41) is 17.5. The first-order valence-corrected chi connectivity index (χ1v) is 7.21. The molecule has 0 radical (unpaired) electrons. The first-order valence-electron chi connectivity index (χ1n) is 7.21. The van der Waals surface area contributed by atoms with Gasteiger partial charge >= 0.3 is 12.0 Å². The smallest absolute Gasteiger partial charge is 0.326 e. The molecule has 0 aliphatic carbocycles. The summed E-state index contributed by atoms with van der Waals surface area (Å²) < 4.78 is 0. The van der Waals surface area contributed by atoms with Crippen molar-refractivity contribution in [2.75, 3.05) is 39.3 Å². The van der Waals surface area contributed by atoms with Gasteiger partial charge in [0.15, 0.2) is 0 Å². The standard InChI is InChI=1S/C13H26N4O3/c1-10(2)11(12(18)19)16-13(20)15-4-3-7-17-8-5-14-6-9-17/h10-11,14H,3-9H2,1-2H3,(H,18,19)(H2,15,16,20). The zero-order chi connectivity index (χ0) is 15.0. The summed E-state index contributed by atoms with van der Waals surface area (Å²) in [6.45, 7) is 9.16. The van der Waals surface area contributed by atoms with Crippen LogP contribution in [-0.4, -0.2) is 67.3 Å². The van der Waals surface area contributed by atoms with E-state index < -0.39 is 18.0 Å². The third-order valence-corrected chi connectivity index (χ3v) is 3.37. The Morgan fingerprint density at radius 1 is 1.30 bits per heavy atom. The van der Waals surface area contributed by atoms with Crippen LogP contribution in [0.3, 0.4) is 0 Å². The molecule has 20 heavy (non-hydrogen) atoms. The summed E-state index contributed by atoms with van der Waals surface area (Å²) in [7, 11) is 0. The minimum atomic E-state index is -1.00. The van der Waals surface area contributed by atoms with Gasteiger partial charge in [-0.2, -0.15) is 0 Å². The number of carbonyl (C=O) groups excluding carboxylic acids is 1. The Hall–Kier alpha value is -1.34. The second kappa shape index (κ2) is 8.76. The van der Waals surface area contributed by atoms with Crippen LogP contribution in [-0.2, 0) is 4.79 Å². The van der Waals surface area contributed by atoms with Gasteiger partial charge in [-0.05, 0) is 18.9 Å². The van der Waals surface area contributed by atoms with E-state index in [9.17, 15) is 9.59 Å². The molecule has 0 saturated carbocycles. The molecule has 116 valence electrons. The molecule has 0 aromatic rings. The predicted molar refractivity (Wildman–Crippen MR) is 76.7 cm³/mol. The van der Waals surface area contributed by atoms with Crippen molar-refractivity contribution in [3.05, 3.63) is 0 Å². The van der Waals surface area contributed by atoms with Crippen LogP contribution >= 0.6 is 0 Å². The molecule has 1 saturated heterocycles. The van der Waals surface area contributed by atoms with Crippen LogP contribution in [0.2, 0.25) is 0 Å². The van der Waals surface area contributed by atoms with Crippen molar-refractivity contribution >= 4 is 12.0 Å². The Morgan fingerprint density at radius 2 is 1.95 bits per heavy atom. The lowest BCUT2D eigenvalue weighted by Gasteiger charge is -2.27. The van der Waals surface area contributed by atoms with Gasteiger partial charge in [-0.1, -0.05) is 13.8 Å². The second-order valence-electron chi connectivity index (χ2n) is 5.41. The lowest BCUT2D eigenvalue weighted by molar-refractivity contribution is -0.140. The van der Waals surface area contributed by atoms with Gasteiger partial charge in [-0.25, -0.2) is 9.59 Å². The van der Waals surface area contributed by atoms with Crippen molar-refractivity contribution in [1.82, 2.24) is 20.9 Å². The SMILES string of the molecule is CC(C)C(NC(=O)NCCCN1CCNCC1)C(=O)O. The topological polar surface area (TPSA) is 93.7 Å². The summed E-state index contributed by atoms with van der Waals surface area (Å²) in [4.78, 5) is 24.9. The molecule has 7 heteroatoms. The van der Waals surface area contributed by atoms with Crippen LogP contribution in [0.1, 0.15) is 20.3 Å². The number of carboxylic acids is 1. The van der Waals surface area contributed by atoms with E-state index in [2.05, 4.69) is 20.9 Å². The molecule has 1 aliphatic rings. The Morgan fingerprint density at radius 3 is 2.50 bits per heavy atom. The molecule has 1 unspecified atom stereocenters. The summed E-state index contributed by atoms with van der Waals surface area (Å²) in [5.74, 6) is -1.14. The molecule has 0 spiro atoms. The number of aliphatic carboxylic acids is 1. The van der Waals surface area contributed by atoms with Gasteiger partial charge in [-0.15, -0.1) is 0 Å². The number of piperazine rings is 1. The first-order chi connectivity index (χ1) is 9.50. The van der Waals surface area contributed by atoms with Crippen molar-refractivity contribution < 1.29 is 14.7 Å². The van der Waals surface area contributed by atoms with Crippen LogP contribution in [0, 0.1) is 5.92 Å². The van der Waals surface area contributed by atoms with Crippen LogP contribution in [0.5, 0.6) is 0 Å². The third kappa shape index (κ3) is 6.21. The highest BCUT2D eigenvalue weighted by molar-refractivity contribution is 5.82. The number of nitrogens with one attached hydrogen (secondary N) is 3. The minimum absolute atomic E-state index is 0.140. The van der Waals surface area contributed by atoms with E-state index in [0.717, 1.165) is 39.1 Å². The van der Waals surface area contributed by atoms with Crippen molar-refractivity contribution in [1.29, 1.82) is 0 Å². The Bertz CT molecular complexity index is 317. The Labute approximate surface area is 120 Å². The van der Waals surface area contributed by atoms with Crippen molar-refractivity contribution in [2.24, 2.45) is 5.92 Å². The van der Waals surface area contributed by atoms with Crippen molar-refractivity contribution in [3.8, 4) is 0 Å². The van der Waals surface area contributed by atoms with E-state index >= 15 is 0 Å². The van der Waals surface area contributed by atoms with Gasteiger partial charge in [0.25, 0.3) is 0 Å². The average molecular weight is 286 g/mol. The van der Waals surface area contributed by atoms with Gasteiger partial charge in [0.05, 0.1) is 0 Å². The molecule has 1 heterocycles. The van der Waals surface area contributed by atoms with E-state index in [1.165, 1.54) is 0 Å². The predicted octanol–water partition coefficient (Wildman–Crippen LogP) is -0.310. The van der Waals surface area contributed by atoms with E-state index in [0.29, 0.717) is 6.54 Å². The van der Waals surface area contributed by atoms with Crippen LogP contribution in [0.4, 0.5) is 4.79 Å². The molecule has 4 N–H and O–H groups in total. The summed E-state index contributed by atoms with van der Waals surface area (Å²) in [6.07, 6.45) is 0.868. The summed E-state index contributed by atoms with van der Waals surface area (Å²) in [6, 6.07) is -1.26. The zero-order valence-electron chi connectivity index (χ0n) is 12.3. The highest BCUT2D eigenvalue weighted by atomic mass is 16.4. The number of urea groups is 1. The fraction of sp³-hybridized carbons (Fsp3) is 0.846. The zero-order valence-corrected chi connectivity index (χ0v) is 12.3. The van der Waals surface area contributed by atoms with Crippen LogP contribution in [0.25, 0.3) is 0 Å². The number of nitrogens with zero attached hydrogens (tertiary/aromatic N) is 1. The molecule has 1 aliphatic heterocycles. The minimum Gasteiger partial charge on any atom is -0.480 e. The molecule has 0 bridgehead atoms. The quantitative estimate of drug-likeness (QED) is 0.482. The van der Waals surface area contributed by atoms with E-state index in [4.69, 9.17) is 5.11 Å². The van der Waals surface area contributed by atoms with Gasteiger partial charge in [0.2, 0.25) is 0 Å². The van der Waals surface area contributed by atoms with E-state index in [-0.39, 0.29) is 5.92 Å². The van der Waals surface area contributed by atoms with E-state index in [1.54, 1.807) is 13.8 Å². The van der Waals surface area contributed by atoms with Crippen LogP contribution in [0.15, 0.2) is 0 Å². The molecular weight excluding hydrogens is 260 g/mol. The number of carboxylic acid groups (broad SMARTS) is 1. The highest BCUT2D eigenvalue weighted by Gasteiger charge is 2.23. The molecule has 1 fully saturated rings. The molecular formula is C13H26N4O3. The number of hydrogen-bond acceptors (Lipinski definition) is 4. The van der Waals surface area contributed by atoms with Crippen molar-refractivity contribution in [3.63, 3.8) is 0 Å². The molecule has 0 aromatic carbocycles. The average Bonchev–Trinajstić information content (AvgIpc) is 2.41. The number of rotatable bonds is 7. The lowest BCUT2D eigenvalue weighted by atomic mass is 10.1. The molecule has 2 amide bonds. The normalized spacial score (nSPS) is 17.8. The third-order valence-electron chi connectivity index (χ3n) is 3.37. The highest BCUT2D eigenvalue weighted by Crippen LogP contribution is 2.01. The molecule has 1 rings (SSSR count). The van der Waals surface area contributed by atoms with Gasteiger partial charge in [-0.3, -0.25) is 0 Å². The van der Waals surface area contributed by atoms with Gasteiger partial charge < -0.3 is 26.0 Å². The number of carbonyl (C=O) groups is 2. The molecule has 7 nitrogen and oxygen atoms in total. The maximum absolute atomic E-state index is 11.6. The number of amides is 2. The summed E-state index contributed by atoms with van der Waals surface area (Å²) in [5.41, 5.74) is 0.